The molecule has 1 rings (SSSR count). The molecule has 0 aliphatic carbocycles. The average Bonchev–Trinajstić information content (AvgIpc) is 2.08. The second kappa shape index (κ2) is 3.65. The number of ether oxygens (including phenoxy) is 1. The first-order chi connectivity index (χ1) is 5.57. The Kier molecular flexibility index (Phi) is 2.99. The van der Waals surface area contributed by atoms with Crippen molar-refractivity contribution in [3.05, 3.63) is 0 Å². The molecule has 0 unspecified atom stereocenters. The first kappa shape index (κ1) is 9.85. The maximum Gasteiger partial charge on any atom is 0.211 e. The van der Waals surface area contributed by atoms with Gasteiger partial charge in [-0.25, -0.2) is 0 Å². The molecule has 0 aromatic carbocycles. The van der Waals surface area contributed by atoms with Gasteiger partial charge in [-0.2, -0.15) is 0 Å². The number of hydrogen-bond acceptors (Lipinski definition) is 5. The predicted molar refractivity (Wildman–Crippen MR) is 36.7 cm³/mol. The summed E-state index contributed by atoms with van der Waals surface area (Å²) in [6.45, 7) is -0.442. The summed E-state index contributed by atoms with van der Waals surface area (Å²) in [5.41, 5.74) is 3.41. The molecule has 6 nitrogen and oxygen atoms in total. The smallest absolute Gasteiger partial charge is 0.211 e. The molecule has 6 heteroatoms. The van der Waals surface area contributed by atoms with Crippen LogP contribution in [-0.2, 0) is 4.74 Å². The Morgan fingerprint density at radius 2 is 1.75 bits per heavy atom. The summed E-state index contributed by atoms with van der Waals surface area (Å²) in [6, 6.07) is -0.789. The van der Waals surface area contributed by atoms with E-state index in [1.54, 1.807) is 0 Å². The van der Waals surface area contributed by atoms with Crippen LogP contribution in [0.15, 0.2) is 0 Å². The molecule has 12 heavy (non-hydrogen) atoms. The van der Waals surface area contributed by atoms with E-state index in [0.29, 0.717) is 0 Å². The third-order valence-electron chi connectivity index (χ3n) is 2.03. The lowest BCUT2D eigenvalue weighted by molar-refractivity contribution is -0.497. The lowest BCUT2D eigenvalue weighted by atomic mass is 9.98. The van der Waals surface area contributed by atoms with Gasteiger partial charge < -0.3 is 30.9 Å². The molecule has 7 N–H and O–H groups in total. The molecule has 72 valence electrons. The predicted octanol–water partition coefficient (Wildman–Crippen LogP) is -3.97. The number of aliphatic hydroxyl groups is 4. The number of aliphatic hydroxyl groups excluding tert-OH is 4. The van der Waals surface area contributed by atoms with Crippen LogP contribution in [0, 0.1) is 0 Å². The van der Waals surface area contributed by atoms with Crippen LogP contribution in [0.3, 0.4) is 0 Å². The highest BCUT2D eigenvalue weighted by atomic mass is 16.6. The van der Waals surface area contributed by atoms with Crippen LogP contribution >= 0.6 is 0 Å². The molecular formula is C6H14NO5+. The van der Waals surface area contributed by atoms with Crippen LogP contribution < -0.4 is 5.73 Å². The van der Waals surface area contributed by atoms with Crippen molar-refractivity contribution in [1.82, 2.24) is 0 Å². The molecular weight excluding hydrogens is 166 g/mol. The quantitative estimate of drug-likeness (QED) is 0.282. The first-order valence-corrected chi connectivity index (χ1v) is 3.71. The Morgan fingerprint density at radius 3 is 2.25 bits per heavy atom. The third-order valence-corrected chi connectivity index (χ3v) is 2.03. The Bertz CT molecular complexity index is 150. The van der Waals surface area contributed by atoms with E-state index < -0.39 is 37.3 Å². The fraction of sp³-hybridized carbons (Fsp3) is 1.00. The van der Waals surface area contributed by atoms with Crippen LogP contribution in [-0.4, -0.2) is 57.7 Å². The van der Waals surface area contributed by atoms with Crippen LogP contribution in [0.5, 0.6) is 0 Å². The van der Waals surface area contributed by atoms with Crippen molar-refractivity contribution < 1.29 is 30.9 Å². The minimum Gasteiger partial charge on any atom is -0.394 e. The minimum atomic E-state index is -1.24. The van der Waals surface area contributed by atoms with Gasteiger partial charge >= 0.3 is 0 Å². The molecule has 0 bridgehead atoms. The van der Waals surface area contributed by atoms with E-state index in [-0.39, 0.29) is 0 Å². The molecule has 0 spiro atoms. The molecule has 1 aliphatic rings. The van der Waals surface area contributed by atoms with Crippen molar-refractivity contribution in [2.24, 2.45) is 0 Å². The van der Waals surface area contributed by atoms with E-state index in [1.165, 1.54) is 0 Å². The largest absolute Gasteiger partial charge is 0.394 e. The standard InChI is InChI=1S/C6H13NO5/c7-3-5(10)4(9)2(1-8)12-6(3)11/h2-6,8-11H,1,7H2/p+1/t2-,3+,4-,5-,6-/m1/s1. The summed E-state index contributed by atoms with van der Waals surface area (Å²) >= 11 is 0. The van der Waals surface area contributed by atoms with E-state index in [2.05, 4.69) is 5.73 Å². The summed E-state index contributed by atoms with van der Waals surface area (Å²) in [4.78, 5) is 0. The van der Waals surface area contributed by atoms with Gasteiger partial charge in [-0.3, -0.25) is 0 Å². The van der Waals surface area contributed by atoms with E-state index in [9.17, 15) is 10.2 Å². The Labute approximate surface area is 69.2 Å². The molecule has 0 amide bonds. The van der Waals surface area contributed by atoms with Crippen molar-refractivity contribution >= 4 is 0 Å². The van der Waals surface area contributed by atoms with Gasteiger partial charge in [0.25, 0.3) is 0 Å². The van der Waals surface area contributed by atoms with Crippen molar-refractivity contribution in [2.75, 3.05) is 6.61 Å². The van der Waals surface area contributed by atoms with Crippen LogP contribution in [0.4, 0.5) is 0 Å². The summed E-state index contributed by atoms with van der Waals surface area (Å²) in [5, 5.41) is 36.3. The lowest BCUT2D eigenvalue weighted by Gasteiger charge is -2.36. The van der Waals surface area contributed by atoms with Crippen LogP contribution in [0.2, 0.25) is 0 Å². The zero-order chi connectivity index (χ0) is 9.30. The number of rotatable bonds is 1. The fourth-order valence-corrected chi connectivity index (χ4v) is 1.15. The highest BCUT2D eigenvalue weighted by Crippen LogP contribution is 2.16. The van der Waals surface area contributed by atoms with Gasteiger partial charge in [0.2, 0.25) is 6.29 Å². The topological polar surface area (TPSA) is 118 Å². The average molecular weight is 180 g/mol. The van der Waals surface area contributed by atoms with Gasteiger partial charge in [0.15, 0.2) is 6.04 Å². The molecule has 0 aromatic heterocycles. The molecule has 1 heterocycles. The molecule has 0 saturated carbocycles. The van der Waals surface area contributed by atoms with Crippen LogP contribution in [0.25, 0.3) is 0 Å². The Balaban J connectivity index is 2.63. The van der Waals surface area contributed by atoms with Crippen molar-refractivity contribution in [2.45, 2.75) is 30.6 Å². The van der Waals surface area contributed by atoms with E-state index >= 15 is 0 Å². The number of quaternary nitrogens is 1. The van der Waals surface area contributed by atoms with Crippen molar-refractivity contribution in [3.8, 4) is 0 Å². The molecule has 5 atom stereocenters. The molecule has 1 aliphatic heterocycles. The van der Waals surface area contributed by atoms with E-state index in [4.69, 9.17) is 14.9 Å². The highest BCUT2D eigenvalue weighted by Gasteiger charge is 2.43. The van der Waals surface area contributed by atoms with E-state index in [0.717, 1.165) is 0 Å². The van der Waals surface area contributed by atoms with Gasteiger partial charge in [0.1, 0.15) is 18.3 Å². The van der Waals surface area contributed by atoms with E-state index in [1.807, 2.05) is 0 Å². The maximum atomic E-state index is 9.25. The summed E-state index contributed by atoms with van der Waals surface area (Å²) in [7, 11) is 0. The van der Waals surface area contributed by atoms with Gasteiger partial charge in [-0.05, 0) is 0 Å². The monoisotopic (exact) mass is 180 g/mol. The summed E-state index contributed by atoms with van der Waals surface area (Å²) in [5.74, 6) is 0. The molecule has 1 saturated heterocycles. The zero-order valence-corrected chi connectivity index (χ0v) is 6.50. The number of hydrogen-bond donors (Lipinski definition) is 5. The first-order valence-electron chi connectivity index (χ1n) is 3.71. The van der Waals surface area contributed by atoms with Gasteiger partial charge in [0.05, 0.1) is 6.61 Å². The molecule has 0 radical (unpaired) electrons. The fourth-order valence-electron chi connectivity index (χ4n) is 1.15. The SMILES string of the molecule is [NH3+][C@H]1[C@@H](O)[C@H](O)[C@@H](CO)O[C@H]1O. The van der Waals surface area contributed by atoms with Crippen molar-refractivity contribution in [1.29, 1.82) is 0 Å². The lowest BCUT2D eigenvalue weighted by Crippen LogP contribution is -2.77. The zero-order valence-electron chi connectivity index (χ0n) is 6.50. The maximum absolute atomic E-state index is 9.25. The minimum absolute atomic E-state index is 0.442. The molecule has 0 aromatic rings. The normalized spacial score (nSPS) is 49.2. The van der Waals surface area contributed by atoms with Crippen molar-refractivity contribution in [3.63, 3.8) is 0 Å². The summed E-state index contributed by atoms with van der Waals surface area (Å²) < 4.78 is 4.76. The van der Waals surface area contributed by atoms with Gasteiger partial charge in [0, 0.05) is 0 Å². The molecule has 1 fully saturated rings. The van der Waals surface area contributed by atoms with Gasteiger partial charge in [-0.15, -0.1) is 0 Å². The summed E-state index contributed by atoms with van der Waals surface area (Å²) in [6.07, 6.45) is -4.53. The third kappa shape index (κ3) is 1.58. The van der Waals surface area contributed by atoms with Gasteiger partial charge in [-0.1, -0.05) is 0 Å². The second-order valence-corrected chi connectivity index (χ2v) is 2.89. The second-order valence-electron chi connectivity index (χ2n) is 2.89. The Morgan fingerprint density at radius 1 is 1.17 bits per heavy atom. The van der Waals surface area contributed by atoms with Crippen LogP contribution in [0.1, 0.15) is 0 Å². The Hall–Kier alpha value is -0.240. The highest BCUT2D eigenvalue weighted by molar-refractivity contribution is 4.87.